The minimum absolute atomic E-state index is 0.0374. The standard InChI is InChI=1S/C18H21N5O2/c1-25-17-14(5-3-7-19-17)18(24)23-10-8-22(9-11-23)16-12-13-4-2-6-15(13)20-21-16/h3,5,7,12H,2,4,6,8-11H2,1H3. The number of ether oxygens (including phenoxy) is 1. The number of aryl methyl sites for hydroxylation is 2. The smallest absolute Gasteiger partial charge is 0.259 e. The highest BCUT2D eigenvalue weighted by Crippen LogP contribution is 2.24. The van der Waals surface area contributed by atoms with Crippen molar-refractivity contribution in [2.24, 2.45) is 0 Å². The van der Waals surface area contributed by atoms with Crippen molar-refractivity contribution in [1.82, 2.24) is 20.1 Å². The lowest BCUT2D eigenvalue weighted by molar-refractivity contribution is 0.0742. The first-order valence-electron chi connectivity index (χ1n) is 8.65. The maximum Gasteiger partial charge on any atom is 0.259 e. The van der Waals surface area contributed by atoms with Crippen LogP contribution in [0, 0.1) is 0 Å². The summed E-state index contributed by atoms with van der Waals surface area (Å²) in [6, 6.07) is 5.68. The number of nitrogens with zero attached hydrogens (tertiary/aromatic N) is 5. The molecule has 0 bridgehead atoms. The molecule has 0 atom stereocenters. The molecule has 2 aliphatic rings. The highest BCUT2D eigenvalue weighted by Gasteiger charge is 2.26. The van der Waals surface area contributed by atoms with E-state index < -0.39 is 0 Å². The molecule has 0 aromatic carbocycles. The maximum absolute atomic E-state index is 12.7. The van der Waals surface area contributed by atoms with Crippen molar-refractivity contribution in [1.29, 1.82) is 0 Å². The van der Waals surface area contributed by atoms with E-state index in [1.54, 1.807) is 18.3 Å². The summed E-state index contributed by atoms with van der Waals surface area (Å²) < 4.78 is 5.20. The van der Waals surface area contributed by atoms with Gasteiger partial charge in [0.15, 0.2) is 5.82 Å². The van der Waals surface area contributed by atoms with Crippen LogP contribution in [0.4, 0.5) is 5.82 Å². The third kappa shape index (κ3) is 3.01. The van der Waals surface area contributed by atoms with Crippen LogP contribution in [0.1, 0.15) is 28.0 Å². The van der Waals surface area contributed by atoms with Gasteiger partial charge in [-0.3, -0.25) is 4.79 Å². The van der Waals surface area contributed by atoms with Crippen LogP contribution in [0.15, 0.2) is 24.4 Å². The number of amides is 1. The van der Waals surface area contributed by atoms with Crippen molar-refractivity contribution in [2.45, 2.75) is 19.3 Å². The van der Waals surface area contributed by atoms with Gasteiger partial charge in [-0.25, -0.2) is 4.98 Å². The van der Waals surface area contributed by atoms with Crippen LogP contribution in [0.3, 0.4) is 0 Å². The van der Waals surface area contributed by atoms with E-state index in [2.05, 4.69) is 26.1 Å². The van der Waals surface area contributed by atoms with Crippen LogP contribution in [0.2, 0.25) is 0 Å². The van der Waals surface area contributed by atoms with Crippen molar-refractivity contribution in [3.8, 4) is 5.88 Å². The summed E-state index contributed by atoms with van der Waals surface area (Å²) in [5.74, 6) is 1.26. The Morgan fingerprint density at radius 1 is 1.16 bits per heavy atom. The molecule has 7 heteroatoms. The molecule has 130 valence electrons. The second kappa shape index (κ2) is 6.66. The normalized spacial score (nSPS) is 16.7. The fourth-order valence-electron chi connectivity index (χ4n) is 3.50. The minimum atomic E-state index is -0.0374. The molecule has 0 radical (unpaired) electrons. The van der Waals surface area contributed by atoms with Crippen molar-refractivity contribution < 1.29 is 9.53 Å². The van der Waals surface area contributed by atoms with E-state index in [9.17, 15) is 4.79 Å². The van der Waals surface area contributed by atoms with E-state index in [0.717, 1.165) is 37.4 Å². The zero-order chi connectivity index (χ0) is 17.2. The summed E-state index contributed by atoms with van der Waals surface area (Å²) in [6.07, 6.45) is 4.93. The van der Waals surface area contributed by atoms with E-state index in [1.807, 2.05) is 4.90 Å². The molecule has 0 unspecified atom stereocenters. The second-order valence-electron chi connectivity index (χ2n) is 6.37. The molecule has 4 rings (SSSR count). The number of anilines is 1. The van der Waals surface area contributed by atoms with E-state index in [-0.39, 0.29) is 5.91 Å². The van der Waals surface area contributed by atoms with Crippen LogP contribution >= 0.6 is 0 Å². The average Bonchev–Trinajstić information content (AvgIpc) is 3.15. The van der Waals surface area contributed by atoms with Crippen LogP contribution in [-0.4, -0.2) is 59.3 Å². The maximum atomic E-state index is 12.7. The van der Waals surface area contributed by atoms with Gasteiger partial charge in [-0.2, -0.15) is 5.10 Å². The van der Waals surface area contributed by atoms with E-state index >= 15 is 0 Å². The third-order valence-corrected chi connectivity index (χ3v) is 4.89. The largest absolute Gasteiger partial charge is 0.480 e. The Bertz CT molecular complexity index is 787. The van der Waals surface area contributed by atoms with E-state index in [4.69, 9.17) is 4.74 Å². The summed E-state index contributed by atoms with van der Waals surface area (Å²) in [4.78, 5) is 20.9. The topological polar surface area (TPSA) is 71.5 Å². The molecule has 1 saturated heterocycles. The van der Waals surface area contributed by atoms with Gasteiger partial charge in [0.1, 0.15) is 5.56 Å². The second-order valence-corrected chi connectivity index (χ2v) is 6.37. The van der Waals surface area contributed by atoms with Crippen LogP contribution in [-0.2, 0) is 12.8 Å². The van der Waals surface area contributed by atoms with Crippen molar-refractivity contribution >= 4 is 11.7 Å². The first kappa shape index (κ1) is 15.8. The SMILES string of the molecule is COc1ncccc1C(=O)N1CCN(c2cc3c(nn2)CCC3)CC1. The van der Waals surface area contributed by atoms with Gasteiger partial charge in [-0.1, -0.05) is 0 Å². The number of rotatable bonds is 3. The lowest BCUT2D eigenvalue weighted by Crippen LogP contribution is -2.49. The van der Waals surface area contributed by atoms with Crippen LogP contribution in [0.5, 0.6) is 5.88 Å². The molecule has 2 aromatic heterocycles. The van der Waals surface area contributed by atoms with E-state index in [1.165, 1.54) is 19.1 Å². The molecule has 2 aromatic rings. The van der Waals surface area contributed by atoms with Crippen molar-refractivity contribution in [3.05, 3.63) is 41.2 Å². The number of carbonyl (C=O) groups is 1. The number of hydrogen-bond donors (Lipinski definition) is 0. The molecule has 3 heterocycles. The third-order valence-electron chi connectivity index (χ3n) is 4.89. The molecule has 1 aliphatic heterocycles. The number of piperazine rings is 1. The first-order chi connectivity index (χ1) is 12.3. The van der Waals surface area contributed by atoms with Gasteiger partial charge in [-0.05, 0) is 43.0 Å². The number of hydrogen-bond acceptors (Lipinski definition) is 6. The molecule has 1 fully saturated rings. The number of methoxy groups -OCH3 is 1. The highest BCUT2D eigenvalue weighted by atomic mass is 16.5. The quantitative estimate of drug-likeness (QED) is 0.840. The molecule has 25 heavy (non-hydrogen) atoms. The van der Waals surface area contributed by atoms with Crippen LogP contribution < -0.4 is 9.64 Å². The Kier molecular flexibility index (Phi) is 4.21. The predicted octanol–water partition coefficient (Wildman–Crippen LogP) is 1.33. The lowest BCUT2D eigenvalue weighted by atomic mass is 10.2. The molecule has 7 nitrogen and oxygen atoms in total. The first-order valence-corrected chi connectivity index (χ1v) is 8.65. The Hall–Kier alpha value is -2.70. The predicted molar refractivity (Wildman–Crippen MR) is 93.0 cm³/mol. The summed E-state index contributed by atoms with van der Waals surface area (Å²) in [5, 5.41) is 8.73. The monoisotopic (exact) mass is 339 g/mol. The number of carbonyl (C=O) groups excluding carboxylic acids is 1. The van der Waals surface area contributed by atoms with E-state index in [0.29, 0.717) is 24.5 Å². The minimum Gasteiger partial charge on any atom is -0.480 e. The molecule has 0 N–H and O–H groups in total. The Morgan fingerprint density at radius 3 is 2.80 bits per heavy atom. The Balaban J connectivity index is 1.44. The van der Waals surface area contributed by atoms with Gasteiger partial charge in [0, 0.05) is 32.4 Å². The van der Waals surface area contributed by atoms with Gasteiger partial charge < -0.3 is 14.5 Å². The van der Waals surface area contributed by atoms with Crippen molar-refractivity contribution in [2.75, 3.05) is 38.2 Å². The zero-order valence-corrected chi connectivity index (χ0v) is 14.3. The Labute approximate surface area is 146 Å². The summed E-state index contributed by atoms with van der Waals surface area (Å²) in [6.45, 7) is 2.80. The number of fused-ring (bicyclic) bond motifs is 1. The van der Waals surface area contributed by atoms with Gasteiger partial charge in [0.25, 0.3) is 5.91 Å². The summed E-state index contributed by atoms with van der Waals surface area (Å²) in [7, 11) is 1.53. The highest BCUT2D eigenvalue weighted by molar-refractivity contribution is 5.96. The van der Waals surface area contributed by atoms with Gasteiger partial charge >= 0.3 is 0 Å². The molecule has 0 saturated carbocycles. The molecular formula is C18H21N5O2. The fraction of sp³-hybridized carbons (Fsp3) is 0.444. The molecular weight excluding hydrogens is 318 g/mol. The van der Waals surface area contributed by atoms with Gasteiger partial charge in [0.05, 0.1) is 12.8 Å². The van der Waals surface area contributed by atoms with Crippen molar-refractivity contribution in [3.63, 3.8) is 0 Å². The average molecular weight is 339 g/mol. The van der Waals surface area contributed by atoms with Crippen LogP contribution in [0.25, 0.3) is 0 Å². The Morgan fingerprint density at radius 2 is 2.00 bits per heavy atom. The summed E-state index contributed by atoms with van der Waals surface area (Å²) >= 11 is 0. The summed E-state index contributed by atoms with van der Waals surface area (Å²) in [5.41, 5.74) is 2.97. The zero-order valence-electron chi connectivity index (χ0n) is 14.3. The molecule has 1 aliphatic carbocycles. The molecule has 1 amide bonds. The van der Waals surface area contributed by atoms with Gasteiger partial charge in [-0.15, -0.1) is 5.10 Å². The van der Waals surface area contributed by atoms with Gasteiger partial charge in [0.2, 0.25) is 5.88 Å². The lowest BCUT2D eigenvalue weighted by Gasteiger charge is -2.35. The number of pyridine rings is 1. The molecule has 0 spiro atoms. The fourth-order valence-corrected chi connectivity index (χ4v) is 3.50. The number of aromatic nitrogens is 3.